The molecule has 0 fully saturated rings. The Morgan fingerprint density at radius 1 is 1.15 bits per heavy atom. The molecule has 0 spiro atoms. The van der Waals surface area contributed by atoms with E-state index in [9.17, 15) is 9.59 Å². The van der Waals surface area contributed by atoms with Crippen LogP contribution in [0.3, 0.4) is 0 Å². The predicted octanol–water partition coefficient (Wildman–Crippen LogP) is 1.85. The molecule has 8 nitrogen and oxygen atoms in total. The van der Waals surface area contributed by atoms with Crippen LogP contribution < -0.4 is 16.7 Å². The summed E-state index contributed by atoms with van der Waals surface area (Å²) in [5, 5.41) is 4.39. The van der Waals surface area contributed by atoms with E-state index < -0.39 is 11.2 Å². The van der Waals surface area contributed by atoms with E-state index >= 15 is 0 Å². The van der Waals surface area contributed by atoms with Crippen molar-refractivity contribution in [1.29, 1.82) is 0 Å². The number of allylic oxidation sites excluding steroid dienone is 1. The molecule has 0 aliphatic heterocycles. The van der Waals surface area contributed by atoms with Gasteiger partial charge in [0.05, 0.1) is 5.71 Å². The summed E-state index contributed by atoms with van der Waals surface area (Å²) in [6.07, 6.45) is 0. The van der Waals surface area contributed by atoms with Gasteiger partial charge >= 0.3 is 5.69 Å². The topological polar surface area (TPSA) is 86.2 Å². The van der Waals surface area contributed by atoms with Crippen molar-refractivity contribution >= 4 is 22.8 Å². The Morgan fingerprint density at radius 2 is 1.81 bits per heavy atom. The van der Waals surface area contributed by atoms with Crippen LogP contribution >= 0.6 is 0 Å². The quantitative estimate of drug-likeness (QED) is 0.424. The van der Waals surface area contributed by atoms with E-state index in [4.69, 9.17) is 0 Å². The highest BCUT2D eigenvalue weighted by Gasteiger charge is 2.19. The van der Waals surface area contributed by atoms with Gasteiger partial charge in [0.2, 0.25) is 5.95 Å². The molecule has 8 heteroatoms. The third-order valence-corrected chi connectivity index (χ3v) is 4.29. The number of benzene rings is 1. The van der Waals surface area contributed by atoms with Crippen LogP contribution in [0.4, 0.5) is 5.95 Å². The van der Waals surface area contributed by atoms with E-state index in [-0.39, 0.29) is 0 Å². The van der Waals surface area contributed by atoms with Crippen LogP contribution in [0.25, 0.3) is 11.2 Å². The van der Waals surface area contributed by atoms with Crippen molar-refractivity contribution in [2.24, 2.45) is 19.2 Å². The molecule has 3 rings (SSSR count). The molecule has 27 heavy (non-hydrogen) atoms. The largest absolute Gasteiger partial charge is 0.332 e. The van der Waals surface area contributed by atoms with E-state index in [1.54, 1.807) is 11.6 Å². The zero-order valence-electron chi connectivity index (χ0n) is 15.9. The Kier molecular flexibility index (Phi) is 4.81. The summed E-state index contributed by atoms with van der Waals surface area (Å²) in [6, 6.07) is 9.72. The van der Waals surface area contributed by atoms with E-state index in [1.807, 2.05) is 44.2 Å². The summed E-state index contributed by atoms with van der Waals surface area (Å²) in [6.45, 7) is 8.04. The second kappa shape index (κ2) is 7.06. The number of anilines is 1. The minimum Gasteiger partial charge on any atom is -0.299 e. The maximum Gasteiger partial charge on any atom is 0.332 e. The van der Waals surface area contributed by atoms with Crippen LogP contribution in [-0.4, -0.2) is 24.4 Å². The molecule has 0 radical (unpaired) electrons. The minimum absolute atomic E-state index is 0.305. The summed E-state index contributed by atoms with van der Waals surface area (Å²) in [7, 11) is 3.04. The monoisotopic (exact) mass is 366 g/mol. The Morgan fingerprint density at radius 3 is 2.44 bits per heavy atom. The van der Waals surface area contributed by atoms with Gasteiger partial charge in [0.25, 0.3) is 5.56 Å². The summed E-state index contributed by atoms with van der Waals surface area (Å²) < 4.78 is 4.12. The third kappa shape index (κ3) is 3.33. The maximum atomic E-state index is 12.7. The molecule has 3 aromatic rings. The highest BCUT2D eigenvalue weighted by atomic mass is 16.2. The molecule has 0 saturated carbocycles. The van der Waals surface area contributed by atoms with Crippen LogP contribution in [0.2, 0.25) is 0 Å². The molecule has 1 N–H and O–H groups in total. The van der Waals surface area contributed by atoms with Crippen LogP contribution in [0.15, 0.2) is 57.2 Å². The minimum atomic E-state index is -0.428. The number of hydrogen-bond acceptors (Lipinski definition) is 5. The standard InChI is InChI=1S/C19H22N6O2/c1-12(2)11-25-15-16(23(4)19(27)24(5)17(15)26)20-18(25)22-21-13(3)14-9-7-6-8-10-14/h6-10H,1,11H2,2-5H3,(H,20,22)/b21-13-. The van der Waals surface area contributed by atoms with Crippen molar-refractivity contribution in [3.8, 4) is 0 Å². The average molecular weight is 366 g/mol. The molecule has 0 bridgehead atoms. The first-order valence-corrected chi connectivity index (χ1v) is 8.47. The summed E-state index contributed by atoms with van der Waals surface area (Å²) >= 11 is 0. The van der Waals surface area contributed by atoms with Gasteiger partial charge < -0.3 is 0 Å². The lowest BCUT2D eigenvalue weighted by molar-refractivity contribution is 0.702. The highest BCUT2D eigenvalue weighted by molar-refractivity contribution is 5.99. The number of aryl methyl sites for hydroxylation is 1. The Bertz CT molecular complexity index is 1160. The Hall–Kier alpha value is -3.42. The summed E-state index contributed by atoms with van der Waals surface area (Å²) in [5.74, 6) is 0.376. The molecular weight excluding hydrogens is 344 g/mol. The van der Waals surface area contributed by atoms with E-state index in [0.29, 0.717) is 23.7 Å². The molecule has 0 aliphatic carbocycles. The molecule has 0 amide bonds. The molecule has 2 aromatic heterocycles. The van der Waals surface area contributed by atoms with Crippen molar-refractivity contribution < 1.29 is 0 Å². The first-order valence-electron chi connectivity index (χ1n) is 8.47. The second-order valence-electron chi connectivity index (χ2n) is 6.53. The zero-order chi connectivity index (χ0) is 19.7. The normalized spacial score (nSPS) is 11.8. The summed E-state index contributed by atoms with van der Waals surface area (Å²) in [5.41, 5.74) is 5.32. The van der Waals surface area contributed by atoms with Gasteiger partial charge in [0, 0.05) is 20.6 Å². The number of hydrogen-bond donors (Lipinski definition) is 1. The fraction of sp³-hybridized carbons (Fsp3) is 0.263. The lowest BCUT2D eigenvalue weighted by Crippen LogP contribution is -2.37. The molecule has 0 atom stereocenters. The molecular formula is C19H22N6O2. The number of nitrogens with one attached hydrogen (secondary N) is 1. The number of hydrazone groups is 1. The van der Waals surface area contributed by atoms with Gasteiger partial charge in [-0.1, -0.05) is 42.5 Å². The SMILES string of the molecule is C=C(C)Cn1c(N/N=C(/C)c2ccccc2)nc2c1c(=O)n(C)c(=O)n2C. The number of nitrogens with zero attached hydrogens (tertiary/aromatic N) is 5. The number of aromatic nitrogens is 4. The van der Waals surface area contributed by atoms with Gasteiger partial charge in [0.1, 0.15) is 0 Å². The van der Waals surface area contributed by atoms with Crippen molar-refractivity contribution in [1.82, 2.24) is 18.7 Å². The molecule has 2 heterocycles. The van der Waals surface area contributed by atoms with Gasteiger partial charge in [-0.15, -0.1) is 0 Å². The maximum absolute atomic E-state index is 12.7. The fourth-order valence-corrected chi connectivity index (χ4v) is 2.83. The first-order chi connectivity index (χ1) is 12.8. The van der Waals surface area contributed by atoms with Crippen LogP contribution in [0, 0.1) is 0 Å². The van der Waals surface area contributed by atoms with Crippen molar-refractivity contribution in [3.05, 3.63) is 68.9 Å². The molecule has 140 valence electrons. The van der Waals surface area contributed by atoms with Crippen LogP contribution in [0.5, 0.6) is 0 Å². The van der Waals surface area contributed by atoms with Crippen molar-refractivity contribution in [2.45, 2.75) is 20.4 Å². The van der Waals surface area contributed by atoms with Gasteiger partial charge in [0.15, 0.2) is 11.2 Å². The smallest absolute Gasteiger partial charge is 0.299 e. The molecule has 1 aromatic carbocycles. The third-order valence-electron chi connectivity index (χ3n) is 4.29. The summed E-state index contributed by atoms with van der Waals surface area (Å²) in [4.78, 5) is 29.3. The number of fused-ring (bicyclic) bond motifs is 1. The number of rotatable bonds is 5. The van der Waals surface area contributed by atoms with E-state index in [2.05, 4.69) is 22.1 Å². The van der Waals surface area contributed by atoms with Gasteiger partial charge in [-0.25, -0.2) is 10.2 Å². The molecule has 0 saturated heterocycles. The highest BCUT2D eigenvalue weighted by Crippen LogP contribution is 2.17. The van der Waals surface area contributed by atoms with Gasteiger partial charge in [-0.3, -0.25) is 18.5 Å². The van der Waals surface area contributed by atoms with Crippen LogP contribution in [-0.2, 0) is 20.6 Å². The fourth-order valence-electron chi connectivity index (χ4n) is 2.83. The lowest BCUT2D eigenvalue weighted by Gasteiger charge is -2.09. The van der Waals surface area contributed by atoms with Gasteiger partial charge in [-0.2, -0.15) is 10.1 Å². The van der Waals surface area contributed by atoms with E-state index in [1.165, 1.54) is 11.6 Å². The lowest BCUT2D eigenvalue weighted by atomic mass is 10.1. The van der Waals surface area contributed by atoms with Gasteiger partial charge in [-0.05, 0) is 19.4 Å². The average Bonchev–Trinajstić information content (AvgIpc) is 3.01. The Labute approximate surface area is 156 Å². The predicted molar refractivity (Wildman–Crippen MR) is 107 cm³/mol. The zero-order valence-corrected chi connectivity index (χ0v) is 15.9. The van der Waals surface area contributed by atoms with Crippen molar-refractivity contribution in [3.63, 3.8) is 0 Å². The Balaban J connectivity index is 2.16. The van der Waals surface area contributed by atoms with Crippen molar-refractivity contribution in [2.75, 3.05) is 5.43 Å². The second-order valence-corrected chi connectivity index (χ2v) is 6.53. The number of imidazole rings is 1. The molecule has 0 aliphatic rings. The van der Waals surface area contributed by atoms with E-state index in [0.717, 1.165) is 21.4 Å². The van der Waals surface area contributed by atoms with Crippen LogP contribution in [0.1, 0.15) is 19.4 Å². The molecule has 0 unspecified atom stereocenters. The first kappa shape index (κ1) is 18.4.